The molecule has 1 saturated heterocycles. The first-order valence-electron chi connectivity index (χ1n) is 5.87. The van der Waals surface area contributed by atoms with Gasteiger partial charge in [-0.05, 0) is 62.9 Å². The van der Waals surface area contributed by atoms with Crippen molar-refractivity contribution < 1.29 is 10.2 Å². The van der Waals surface area contributed by atoms with Gasteiger partial charge in [0, 0.05) is 26.2 Å². The number of phenols is 1. The summed E-state index contributed by atoms with van der Waals surface area (Å²) in [5.74, 6) is 0.331. The molecule has 18 heavy (non-hydrogen) atoms. The van der Waals surface area contributed by atoms with Crippen molar-refractivity contribution in [3.05, 3.63) is 24.8 Å². The number of halogens is 2. The summed E-state index contributed by atoms with van der Waals surface area (Å²) in [5.41, 5.74) is 1.08. The Bertz CT molecular complexity index is 400. The van der Waals surface area contributed by atoms with Crippen molar-refractivity contribution in [3.8, 4) is 5.75 Å². The van der Waals surface area contributed by atoms with Crippen molar-refractivity contribution in [2.75, 3.05) is 32.8 Å². The number of piperazine rings is 1. The Hall–Kier alpha value is 0.360. The standard InChI is InChI=1S/C12H16I2N2O2/c13-9-5-8(6-10(14)12(9)18)11(7-17)16-3-1-15-2-4-16/h5-6,11,15,17-18H,1-4,7H2/t11-/m1/s1. The summed E-state index contributed by atoms with van der Waals surface area (Å²) >= 11 is 4.26. The minimum Gasteiger partial charge on any atom is -0.506 e. The van der Waals surface area contributed by atoms with Crippen molar-refractivity contribution in [2.24, 2.45) is 0 Å². The van der Waals surface area contributed by atoms with E-state index in [4.69, 9.17) is 0 Å². The van der Waals surface area contributed by atoms with Crippen LogP contribution in [0.2, 0.25) is 0 Å². The summed E-state index contributed by atoms with van der Waals surface area (Å²) in [6.07, 6.45) is 0. The lowest BCUT2D eigenvalue weighted by atomic mass is 10.1. The second-order valence-electron chi connectivity index (χ2n) is 4.32. The van der Waals surface area contributed by atoms with Crippen molar-refractivity contribution in [1.29, 1.82) is 0 Å². The van der Waals surface area contributed by atoms with Crippen molar-refractivity contribution in [3.63, 3.8) is 0 Å². The number of rotatable bonds is 3. The predicted molar refractivity (Wildman–Crippen MR) is 87.8 cm³/mol. The monoisotopic (exact) mass is 474 g/mol. The Morgan fingerprint density at radius 1 is 1.22 bits per heavy atom. The molecule has 0 bridgehead atoms. The van der Waals surface area contributed by atoms with Gasteiger partial charge in [-0.2, -0.15) is 0 Å². The molecule has 0 amide bonds. The van der Waals surface area contributed by atoms with E-state index < -0.39 is 0 Å². The van der Waals surface area contributed by atoms with E-state index in [9.17, 15) is 10.2 Å². The Morgan fingerprint density at radius 2 is 1.78 bits per heavy atom. The molecule has 2 rings (SSSR count). The van der Waals surface area contributed by atoms with E-state index >= 15 is 0 Å². The fraction of sp³-hybridized carbons (Fsp3) is 0.500. The van der Waals surface area contributed by atoms with Crippen LogP contribution in [-0.2, 0) is 0 Å². The Balaban J connectivity index is 2.26. The van der Waals surface area contributed by atoms with Crippen LogP contribution in [0.25, 0.3) is 0 Å². The maximum Gasteiger partial charge on any atom is 0.142 e. The molecular weight excluding hydrogens is 458 g/mol. The smallest absolute Gasteiger partial charge is 0.142 e. The van der Waals surface area contributed by atoms with E-state index in [1.54, 1.807) is 0 Å². The molecule has 1 fully saturated rings. The lowest BCUT2D eigenvalue weighted by molar-refractivity contribution is 0.110. The van der Waals surface area contributed by atoms with Crippen LogP contribution in [0.4, 0.5) is 0 Å². The summed E-state index contributed by atoms with van der Waals surface area (Å²) in [6.45, 7) is 3.92. The third kappa shape index (κ3) is 3.27. The number of hydrogen-bond acceptors (Lipinski definition) is 4. The summed E-state index contributed by atoms with van der Waals surface area (Å²) in [6, 6.07) is 3.94. The zero-order chi connectivity index (χ0) is 13.1. The first-order chi connectivity index (χ1) is 8.63. The number of nitrogens with zero attached hydrogens (tertiary/aromatic N) is 1. The maximum atomic E-state index is 9.79. The molecule has 0 aromatic heterocycles. The molecule has 1 aliphatic heterocycles. The van der Waals surface area contributed by atoms with Gasteiger partial charge < -0.3 is 15.5 Å². The van der Waals surface area contributed by atoms with Crippen LogP contribution in [0, 0.1) is 7.14 Å². The van der Waals surface area contributed by atoms with E-state index in [-0.39, 0.29) is 12.6 Å². The van der Waals surface area contributed by atoms with E-state index in [1.807, 2.05) is 12.1 Å². The summed E-state index contributed by atoms with van der Waals surface area (Å²) in [7, 11) is 0. The highest BCUT2D eigenvalue weighted by atomic mass is 127. The van der Waals surface area contributed by atoms with Crippen LogP contribution >= 0.6 is 45.2 Å². The molecule has 0 radical (unpaired) electrons. The first-order valence-corrected chi connectivity index (χ1v) is 8.02. The zero-order valence-electron chi connectivity index (χ0n) is 9.87. The van der Waals surface area contributed by atoms with Gasteiger partial charge in [0.1, 0.15) is 5.75 Å². The van der Waals surface area contributed by atoms with Crippen LogP contribution in [0.5, 0.6) is 5.75 Å². The molecule has 0 spiro atoms. The third-order valence-corrected chi connectivity index (χ3v) is 4.83. The lowest BCUT2D eigenvalue weighted by Crippen LogP contribution is -2.46. The average Bonchev–Trinajstić information content (AvgIpc) is 2.38. The maximum absolute atomic E-state index is 9.79. The number of aliphatic hydroxyl groups is 1. The molecule has 1 heterocycles. The molecule has 0 saturated carbocycles. The van der Waals surface area contributed by atoms with E-state index in [0.717, 1.165) is 38.9 Å². The fourth-order valence-electron chi connectivity index (χ4n) is 2.20. The van der Waals surface area contributed by atoms with Gasteiger partial charge in [-0.15, -0.1) is 0 Å². The van der Waals surface area contributed by atoms with Gasteiger partial charge in [-0.25, -0.2) is 0 Å². The van der Waals surface area contributed by atoms with Crippen LogP contribution in [-0.4, -0.2) is 47.9 Å². The molecule has 4 nitrogen and oxygen atoms in total. The number of nitrogens with one attached hydrogen (secondary N) is 1. The molecule has 0 aliphatic carbocycles. The largest absolute Gasteiger partial charge is 0.506 e. The van der Waals surface area contributed by atoms with E-state index in [0.29, 0.717) is 5.75 Å². The Labute approximate surface area is 134 Å². The van der Waals surface area contributed by atoms with Gasteiger partial charge in [0.05, 0.1) is 19.8 Å². The summed E-state index contributed by atoms with van der Waals surface area (Å²) in [4.78, 5) is 2.29. The van der Waals surface area contributed by atoms with Crippen LogP contribution < -0.4 is 5.32 Å². The van der Waals surface area contributed by atoms with Gasteiger partial charge in [-0.3, -0.25) is 4.90 Å². The normalized spacial score (nSPS) is 18.8. The number of aliphatic hydroxyl groups excluding tert-OH is 1. The number of hydrogen-bond donors (Lipinski definition) is 3. The highest BCUT2D eigenvalue weighted by Gasteiger charge is 2.22. The molecule has 100 valence electrons. The number of aromatic hydroxyl groups is 1. The minimum absolute atomic E-state index is 0.0229. The molecule has 1 aromatic rings. The molecule has 1 atom stereocenters. The highest BCUT2D eigenvalue weighted by Crippen LogP contribution is 2.31. The topological polar surface area (TPSA) is 55.7 Å². The molecule has 1 aliphatic rings. The van der Waals surface area contributed by atoms with Crippen molar-refractivity contribution in [1.82, 2.24) is 10.2 Å². The fourth-order valence-corrected chi connectivity index (χ4v) is 4.02. The number of benzene rings is 1. The van der Waals surface area contributed by atoms with E-state index in [1.165, 1.54) is 0 Å². The molecule has 0 unspecified atom stereocenters. The van der Waals surface area contributed by atoms with Gasteiger partial charge in [-0.1, -0.05) is 0 Å². The second kappa shape index (κ2) is 6.69. The highest BCUT2D eigenvalue weighted by molar-refractivity contribution is 14.1. The van der Waals surface area contributed by atoms with Gasteiger partial charge in [0.15, 0.2) is 0 Å². The lowest BCUT2D eigenvalue weighted by Gasteiger charge is -2.34. The Morgan fingerprint density at radius 3 is 2.28 bits per heavy atom. The molecular formula is C12H16I2N2O2. The average molecular weight is 474 g/mol. The van der Waals surface area contributed by atoms with Gasteiger partial charge in [0.2, 0.25) is 0 Å². The first kappa shape index (κ1) is 14.8. The van der Waals surface area contributed by atoms with Gasteiger partial charge in [0.25, 0.3) is 0 Å². The molecule has 3 N–H and O–H groups in total. The van der Waals surface area contributed by atoms with Crippen LogP contribution in [0.15, 0.2) is 12.1 Å². The predicted octanol–water partition coefficient (Wildman–Crippen LogP) is 1.54. The zero-order valence-corrected chi connectivity index (χ0v) is 14.2. The molecule has 6 heteroatoms. The van der Waals surface area contributed by atoms with Crippen molar-refractivity contribution >= 4 is 45.2 Å². The van der Waals surface area contributed by atoms with Crippen LogP contribution in [0.3, 0.4) is 0 Å². The summed E-state index contributed by atoms with van der Waals surface area (Å²) < 4.78 is 1.67. The number of phenolic OH excluding ortho intramolecular Hbond substituents is 1. The van der Waals surface area contributed by atoms with E-state index in [2.05, 4.69) is 55.4 Å². The minimum atomic E-state index is 0.0229. The summed E-state index contributed by atoms with van der Waals surface area (Å²) in [5, 5.41) is 22.8. The SMILES string of the molecule is OC[C@H](c1cc(I)c(O)c(I)c1)N1CCNCC1. The molecule has 1 aromatic carbocycles. The third-order valence-electron chi connectivity index (χ3n) is 3.19. The van der Waals surface area contributed by atoms with Crippen molar-refractivity contribution in [2.45, 2.75) is 6.04 Å². The van der Waals surface area contributed by atoms with Gasteiger partial charge >= 0.3 is 0 Å². The van der Waals surface area contributed by atoms with Crippen LogP contribution in [0.1, 0.15) is 11.6 Å². The second-order valence-corrected chi connectivity index (χ2v) is 6.64. The quantitative estimate of drug-likeness (QED) is 0.583. The Kier molecular flexibility index (Phi) is 5.48.